The Morgan fingerprint density at radius 1 is 1.46 bits per heavy atom. The van der Waals surface area contributed by atoms with Crippen molar-refractivity contribution in [1.82, 2.24) is 19.9 Å². The maximum absolute atomic E-state index is 13.5. The zero-order valence-electron chi connectivity index (χ0n) is 13.8. The van der Waals surface area contributed by atoms with Gasteiger partial charge in [0.05, 0.1) is 10.7 Å². The van der Waals surface area contributed by atoms with Gasteiger partial charge in [-0.3, -0.25) is 4.79 Å². The van der Waals surface area contributed by atoms with Crippen LogP contribution in [0.5, 0.6) is 0 Å². The summed E-state index contributed by atoms with van der Waals surface area (Å²) in [6, 6.07) is 3.74. The van der Waals surface area contributed by atoms with Crippen LogP contribution in [-0.4, -0.2) is 26.5 Å². The number of hydrogen-bond donors (Lipinski definition) is 1. The van der Waals surface area contributed by atoms with Crippen molar-refractivity contribution >= 4 is 27.5 Å². The lowest BCUT2D eigenvalue weighted by molar-refractivity contribution is -0.142. The van der Waals surface area contributed by atoms with Gasteiger partial charge in [-0.05, 0) is 47.5 Å². The van der Waals surface area contributed by atoms with Gasteiger partial charge in [0.15, 0.2) is 22.8 Å². The van der Waals surface area contributed by atoms with Crippen molar-refractivity contribution in [1.29, 1.82) is 0 Å². The van der Waals surface area contributed by atoms with Crippen LogP contribution in [-0.2, 0) is 6.18 Å². The number of alkyl halides is 3. The summed E-state index contributed by atoms with van der Waals surface area (Å²) in [6.07, 6.45) is -2.69. The summed E-state index contributed by atoms with van der Waals surface area (Å²) in [6.45, 7) is 3.67. The van der Waals surface area contributed by atoms with Crippen LogP contribution >= 0.6 is 15.9 Å². The van der Waals surface area contributed by atoms with Crippen LogP contribution < -0.4 is 5.32 Å². The average molecular weight is 431 g/mol. The first-order valence-corrected chi connectivity index (χ1v) is 8.52. The zero-order chi connectivity index (χ0) is 19.1. The molecule has 0 bridgehead atoms. The predicted molar refractivity (Wildman–Crippen MR) is 90.6 cm³/mol. The fourth-order valence-electron chi connectivity index (χ4n) is 2.28. The Hall–Kier alpha value is -2.36. The molecule has 6 nitrogen and oxygen atoms in total. The van der Waals surface area contributed by atoms with Crippen molar-refractivity contribution in [2.24, 2.45) is 0 Å². The van der Waals surface area contributed by atoms with Crippen molar-refractivity contribution in [2.75, 3.05) is 0 Å². The van der Waals surface area contributed by atoms with Crippen LogP contribution in [0.2, 0.25) is 0 Å². The first-order chi connectivity index (χ1) is 12.2. The standard InChI is InChI=1S/C16H14BrF3N4O2/c1-3-8(2)21-15(25)13-12(17)14-22-9(10-5-4-6-26-10)7-11(16(18,19)20)24(14)23-13/h4-8H,3H2,1-2H3,(H,21,25). The second-order valence-electron chi connectivity index (χ2n) is 5.68. The summed E-state index contributed by atoms with van der Waals surface area (Å²) in [7, 11) is 0. The summed E-state index contributed by atoms with van der Waals surface area (Å²) >= 11 is 3.16. The van der Waals surface area contributed by atoms with Gasteiger partial charge in [0.2, 0.25) is 0 Å². The maximum atomic E-state index is 13.5. The SMILES string of the molecule is CCC(C)NC(=O)c1nn2c(C(F)(F)F)cc(-c3ccco3)nc2c1Br. The number of nitrogens with one attached hydrogen (secondary N) is 1. The van der Waals surface area contributed by atoms with Crippen molar-refractivity contribution in [3.8, 4) is 11.5 Å². The van der Waals surface area contributed by atoms with Crippen LogP contribution in [0.3, 0.4) is 0 Å². The van der Waals surface area contributed by atoms with E-state index in [0.29, 0.717) is 10.9 Å². The molecule has 1 atom stereocenters. The highest BCUT2D eigenvalue weighted by Gasteiger charge is 2.37. The normalized spacial score (nSPS) is 13.2. The Bertz CT molecular complexity index is 951. The molecule has 3 rings (SSSR count). The van der Waals surface area contributed by atoms with E-state index in [0.717, 1.165) is 6.07 Å². The number of fused-ring (bicyclic) bond motifs is 1. The number of aromatic nitrogens is 3. The summed E-state index contributed by atoms with van der Waals surface area (Å²) in [4.78, 5) is 16.5. The Morgan fingerprint density at radius 3 is 2.77 bits per heavy atom. The molecule has 138 valence electrons. The van der Waals surface area contributed by atoms with Crippen molar-refractivity contribution in [2.45, 2.75) is 32.5 Å². The van der Waals surface area contributed by atoms with E-state index in [9.17, 15) is 18.0 Å². The second-order valence-corrected chi connectivity index (χ2v) is 6.48. The Morgan fingerprint density at radius 2 is 2.19 bits per heavy atom. The van der Waals surface area contributed by atoms with E-state index < -0.39 is 17.8 Å². The monoisotopic (exact) mass is 430 g/mol. The molecule has 0 aliphatic heterocycles. The fraction of sp³-hybridized carbons (Fsp3) is 0.312. The zero-order valence-corrected chi connectivity index (χ0v) is 15.3. The van der Waals surface area contributed by atoms with Gasteiger partial charge in [-0.15, -0.1) is 0 Å². The van der Waals surface area contributed by atoms with Crippen LogP contribution in [0.15, 0.2) is 33.4 Å². The van der Waals surface area contributed by atoms with Crippen LogP contribution in [0, 0.1) is 0 Å². The molecule has 0 aromatic carbocycles. The van der Waals surface area contributed by atoms with Gasteiger partial charge in [0, 0.05) is 6.04 Å². The fourth-order valence-corrected chi connectivity index (χ4v) is 2.80. The van der Waals surface area contributed by atoms with Gasteiger partial charge in [-0.2, -0.15) is 18.3 Å². The molecule has 0 spiro atoms. The van der Waals surface area contributed by atoms with Crippen LogP contribution in [0.4, 0.5) is 13.2 Å². The minimum Gasteiger partial charge on any atom is -0.463 e. The van der Waals surface area contributed by atoms with Gasteiger partial charge < -0.3 is 9.73 Å². The molecule has 10 heteroatoms. The number of rotatable bonds is 4. The molecule has 1 N–H and O–H groups in total. The summed E-state index contributed by atoms with van der Waals surface area (Å²) < 4.78 is 46.4. The molecule has 0 aliphatic carbocycles. The lowest BCUT2D eigenvalue weighted by Crippen LogP contribution is -2.32. The topological polar surface area (TPSA) is 72.4 Å². The predicted octanol–water partition coefficient (Wildman–Crippen LogP) is 4.30. The molecule has 26 heavy (non-hydrogen) atoms. The van der Waals surface area contributed by atoms with E-state index in [-0.39, 0.29) is 33.3 Å². The molecule has 3 heterocycles. The molecular weight excluding hydrogens is 417 g/mol. The highest BCUT2D eigenvalue weighted by Crippen LogP contribution is 2.34. The lowest BCUT2D eigenvalue weighted by Gasteiger charge is -2.10. The highest BCUT2D eigenvalue weighted by molar-refractivity contribution is 9.10. The average Bonchev–Trinajstić information content (AvgIpc) is 3.21. The number of carbonyl (C=O) groups excluding carboxylic acids is 1. The van der Waals surface area contributed by atoms with Crippen molar-refractivity contribution < 1.29 is 22.4 Å². The number of hydrogen-bond acceptors (Lipinski definition) is 4. The smallest absolute Gasteiger partial charge is 0.433 e. The number of halogens is 4. The lowest BCUT2D eigenvalue weighted by atomic mass is 10.2. The van der Waals surface area contributed by atoms with Crippen molar-refractivity contribution in [3.05, 3.63) is 40.3 Å². The summed E-state index contributed by atoms with van der Waals surface area (Å²) in [5, 5.41) is 6.51. The minimum absolute atomic E-state index is 0.00990. The van der Waals surface area contributed by atoms with Gasteiger partial charge in [-0.25, -0.2) is 9.50 Å². The molecule has 0 fully saturated rings. The van der Waals surface area contributed by atoms with Gasteiger partial charge in [0.25, 0.3) is 5.91 Å². The largest absolute Gasteiger partial charge is 0.463 e. The summed E-state index contributed by atoms with van der Waals surface area (Å²) in [5.74, 6) is -0.402. The third-order valence-corrected chi connectivity index (χ3v) is 4.53. The molecule has 0 radical (unpaired) electrons. The van der Waals surface area contributed by atoms with Gasteiger partial charge in [0.1, 0.15) is 5.69 Å². The van der Waals surface area contributed by atoms with E-state index >= 15 is 0 Å². The van der Waals surface area contributed by atoms with E-state index in [1.54, 1.807) is 13.0 Å². The first kappa shape index (κ1) is 18.4. The second kappa shape index (κ2) is 6.75. The Labute approximate surface area is 154 Å². The van der Waals surface area contributed by atoms with E-state index in [2.05, 4.69) is 31.3 Å². The number of carbonyl (C=O) groups is 1. The first-order valence-electron chi connectivity index (χ1n) is 7.73. The van der Waals surface area contributed by atoms with Gasteiger partial charge in [-0.1, -0.05) is 6.92 Å². The minimum atomic E-state index is -4.70. The Kier molecular flexibility index (Phi) is 4.78. The molecule has 0 saturated heterocycles. The number of amides is 1. The van der Waals surface area contributed by atoms with E-state index in [1.165, 1.54) is 12.3 Å². The molecule has 0 aliphatic rings. The molecule has 1 unspecified atom stereocenters. The highest BCUT2D eigenvalue weighted by atomic mass is 79.9. The van der Waals surface area contributed by atoms with Crippen LogP contribution in [0.1, 0.15) is 36.5 Å². The van der Waals surface area contributed by atoms with Gasteiger partial charge >= 0.3 is 6.18 Å². The van der Waals surface area contributed by atoms with E-state index in [1.807, 2.05) is 6.92 Å². The third-order valence-electron chi connectivity index (χ3n) is 3.80. The number of nitrogens with zero attached hydrogens (tertiary/aromatic N) is 3. The van der Waals surface area contributed by atoms with E-state index in [4.69, 9.17) is 4.42 Å². The molecule has 1 amide bonds. The number of furan rings is 1. The molecule has 0 saturated carbocycles. The molecular formula is C16H14BrF3N4O2. The third kappa shape index (κ3) is 3.33. The molecule has 3 aromatic heterocycles. The van der Waals surface area contributed by atoms with Crippen molar-refractivity contribution in [3.63, 3.8) is 0 Å². The Balaban J connectivity index is 2.20. The quantitative estimate of drug-likeness (QED) is 0.669. The maximum Gasteiger partial charge on any atom is 0.433 e. The van der Waals surface area contributed by atoms with Crippen LogP contribution in [0.25, 0.3) is 17.1 Å². The molecule has 3 aromatic rings. The summed E-state index contributed by atoms with van der Waals surface area (Å²) in [5.41, 5.74) is -1.36.